The first-order chi connectivity index (χ1) is 9.54. The van der Waals surface area contributed by atoms with Crippen molar-refractivity contribution in [2.45, 2.75) is 6.92 Å². The third-order valence-electron chi connectivity index (χ3n) is 2.76. The fourth-order valence-corrected chi connectivity index (χ4v) is 1.79. The Morgan fingerprint density at radius 1 is 1.35 bits per heavy atom. The molecule has 1 heterocycles. The van der Waals surface area contributed by atoms with Crippen LogP contribution in [0.3, 0.4) is 0 Å². The zero-order valence-electron chi connectivity index (χ0n) is 10.7. The molecule has 1 aromatic carbocycles. The Morgan fingerprint density at radius 3 is 2.60 bits per heavy atom. The highest BCUT2D eigenvalue weighted by atomic mass is 19.1. The van der Waals surface area contributed by atoms with E-state index in [0.29, 0.717) is 0 Å². The molecule has 0 atom stereocenters. The molecule has 0 spiro atoms. The number of aromatic carboxylic acids is 1. The van der Waals surface area contributed by atoms with Gasteiger partial charge < -0.3 is 14.4 Å². The van der Waals surface area contributed by atoms with Crippen molar-refractivity contribution in [1.29, 1.82) is 0 Å². The topological polar surface area (TPSA) is 70.8 Å². The van der Waals surface area contributed by atoms with E-state index in [-0.39, 0.29) is 23.6 Å². The number of carboxylic acids is 1. The van der Waals surface area contributed by atoms with Gasteiger partial charge in [0, 0.05) is 12.6 Å². The van der Waals surface area contributed by atoms with Crippen LogP contribution in [0.25, 0.3) is 0 Å². The van der Waals surface area contributed by atoms with E-state index >= 15 is 0 Å². The zero-order chi connectivity index (χ0) is 14.7. The first kappa shape index (κ1) is 13.8. The number of hydrogen-bond acceptors (Lipinski definition) is 3. The second-order valence-corrected chi connectivity index (χ2v) is 4.01. The summed E-state index contributed by atoms with van der Waals surface area (Å²) in [5.74, 6) is -2.47. The number of carboxylic acid groups (broad SMARTS) is 1. The third-order valence-corrected chi connectivity index (χ3v) is 2.76. The summed E-state index contributed by atoms with van der Waals surface area (Å²) in [6, 6.07) is 6.97. The number of amides is 1. The molecule has 0 unspecified atom stereocenters. The maximum absolute atomic E-state index is 13.7. The normalized spacial score (nSPS) is 10.3. The molecular weight excluding hydrogens is 265 g/mol. The lowest BCUT2D eigenvalue weighted by Gasteiger charge is -2.20. The Labute approximate surface area is 114 Å². The van der Waals surface area contributed by atoms with Crippen LogP contribution in [0.1, 0.15) is 27.8 Å². The fraction of sp³-hybridized carbons (Fsp3) is 0.143. The molecule has 0 radical (unpaired) electrons. The van der Waals surface area contributed by atoms with Gasteiger partial charge in [0.15, 0.2) is 5.76 Å². The summed E-state index contributed by atoms with van der Waals surface area (Å²) in [6.07, 6.45) is 0.977. The number of halogens is 1. The zero-order valence-corrected chi connectivity index (χ0v) is 10.7. The molecule has 6 heteroatoms. The number of anilines is 1. The SMILES string of the molecule is CCN(C(=O)c1cc(C(=O)O)co1)c1ccccc1F. The number of furan rings is 1. The number of benzene rings is 1. The summed E-state index contributed by atoms with van der Waals surface area (Å²) in [5, 5.41) is 8.79. The van der Waals surface area contributed by atoms with E-state index < -0.39 is 17.7 Å². The van der Waals surface area contributed by atoms with Gasteiger partial charge >= 0.3 is 5.97 Å². The first-order valence-corrected chi connectivity index (χ1v) is 5.92. The van der Waals surface area contributed by atoms with E-state index in [9.17, 15) is 14.0 Å². The highest BCUT2D eigenvalue weighted by Gasteiger charge is 2.22. The van der Waals surface area contributed by atoms with Gasteiger partial charge in [-0.2, -0.15) is 0 Å². The van der Waals surface area contributed by atoms with Gasteiger partial charge in [0.05, 0.1) is 11.3 Å². The lowest BCUT2D eigenvalue weighted by atomic mass is 10.2. The molecule has 1 aromatic heterocycles. The molecule has 0 bridgehead atoms. The standard InChI is InChI=1S/C14H12FNO4/c1-2-16(11-6-4-3-5-10(11)15)13(17)12-7-9(8-20-12)14(18)19/h3-8H,2H2,1H3,(H,18,19). The van der Waals surface area contributed by atoms with Crippen molar-refractivity contribution in [3.63, 3.8) is 0 Å². The van der Waals surface area contributed by atoms with E-state index in [0.717, 1.165) is 12.3 Å². The summed E-state index contributed by atoms with van der Waals surface area (Å²) in [7, 11) is 0. The van der Waals surface area contributed by atoms with Crippen molar-refractivity contribution >= 4 is 17.6 Å². The quantitative estimate of drug-likeness (QED) is 0.932. The van der Waals surface area contributed by atoms with Crippen LogP contribution in [0, 0.1) is 5.82 Å². The highest BCUT2D eigenvalue weighted by Crippen LogP contribution is 2.21. The molecule has 2 rings (SSSR count). The van der Waals surface area contributed by atoms with Crippen LogP contribution in [0.5, 0.6) is 0 Å². The van der Waals surface area contributed by atoms with E-state index in [1.165, 1.54) is 23.1 Å². The van der Waals surface area contributed by atoms with Crippen LogP contribution in [0.15, 0.2) is 41.0 Å². The number of carbonyl (C=O) groups excluding carboxylic acids is 1. The Bertz CT molecular complexity index is 650. The van der Waals surface area contributed by atoms with Crippen molar-refractivity contribution in [1.82, 2.24) is 0 Å². The summed E-state index contributed by atoms with van der Waals surface area (Å²) in [5.41, 5.74) is -0.00814. The van der Waals surface area contributed by atoms with Crippen molar-refractivity contribution in [3.8, 4) is 0 Å². The second kappa shape index (κ2) is 5.56. The van der Waals surface area contributed by atoms with Crippen LogP contribution in [-0.2, 0) is 0 Å². The van der Waals surface area contributed by atoms with E-state index in [1.807, 2.05) is 0 Å². The van der Waals surface area contributed by atoms with E-state index in [2.05, 4.69) is 0 Å². The third kappa shape index (κ3) is 2.54. The van der Waals surface area contributed by atoms with Gasteiger partial charge in [-0.05, 0) is 19.1 Å². The van der Waals surface area contributed by atoms with Crippen molar-refractivity contribution in [2.75, 3.05) is 11.4 Å². The maximum atomic E-state index is 13.7. The van der Waals surface area contributed by atoms with Crippen LogP contribution in [0.4, 0.5) is 10.1 Å². The minimum absolute atomic E-state index is 0.119. The average molecular weight is 277 g/mol. The van der Waals surface area contributed by atoms with Gasteiger partial charge in [0.25, 0.3) is 5.91 Å². The van der Waals surface area contributed by atoms with Gasteiger partial charge in [-0.15, -0.1) is 0 Å². The van der Waals surface area contributed by atoms with Crippen molar-refractivity contribution in [3.05, 3.63) is 53.7 Å². The minimum Gasteiger partial charge on any atom is -0.478 e. The molecule has 0 aliphatic heterocycles. The number of carbonyl (C=O) groups is 2. The average Bonchev–Trinajstić information content (AvgIpc) is 2.91. The Morgan fingerprint density at radius 2 is 2.05 bits per heavy atom. The molecule has 0 saturated carbocycles. The van der Waals surface area contributed by atoms with Crippen molar-refractivity contribution in [2.24, 2.45) is 0 Å². The predicted molar refractivity (Wildman–Crippen MR) is 69.4 cm³/mol. The Balaban J connectivity index is 2.34. The summed E-state index contributed by atoms with van der Waals surface area (Å²) >= 11 is 0. The van der Waals surface area contributed by atoms with Crippen LogP contribution in [0.2, 0.25) is 0 Å². The Kier molecular flexibility index (Phi) is 3.84. The molecule has 5 nitrogen and oxygen atoms in total. The van der Waals surface area contributed by atoms with Crippen molar-refractivity contribution < 1.29 is 23.5 Å². The summed E-state index contributed by atoms with van der Waals surface area (Å²) < 4.78 is 18.7. The van der Waals surface area contributed by atoms with Gasteiger partial charge in [0.2, 0.25) is 0 Å². The molecule has 20 heavy (non-hydrogen) atoms. The number of para-hydroxylation sites is 1. The lowest BCUT2D eigenvalue weighted by Crippen LogP contribution is -2.31. The van der Waals surface area contributed by atoms with Gasteiger partial charge in [-0.25, -0.2) is 9.18 Å². The molecule has 0 aliphatic rings. The molecule has 1 amide bonds. The predicted octanol–water partition coefficient (Wildman–Crippen LogP) is 2.78. The van der Waals surface area contributed by atoms with Gasteiger partial charge in [0.1, 0.15) is 12.1 Å². The van der Waals surface area contributed by atoms with Crippen LogP contribution >= 0.6 is 0 Å². The number of nitrogens with zero attached hydrogens (tertiary/aromatic N) is 1. The summed E-state index contributed by atoms with van der Waals surface area (Å²) in [4.78, 5) is 24.2. The second-order valence-electron chi connectivity index (χ2n) is 4.01. The maximum Gasteiger partial charge on any atom is 0.338 e. The van der Waals surface area contributed by atoms with Crippen LogP contribution in [-0.4, -0.2) is 23.5 Å². The number of rotatable bonds is 4. The molecule has 0 fully saturated rings. The first-order valence-electron chi connectivity index (χ1n) is 5.92. The Hall–Kier alpha value is -2.63. The van der Waals surface area contributed by atoms with Crippen LogP contribution < -0.4 is 4.90 Å². The molecule has 104 valence electrons. The number of hydrogen-bond donors (Lipinski definition) is 1. The van der Waals surface area contributed by atoms with E-state index in [4.69, 9.17) is 9.52 Å². The molecule has 0 aliphatic carbocycles. The fourth-order valence-electron chi connectivity index (χ4n) is 1.79. The molecule has 0 saturated heterocycles. The minimum atomic E-state index is -1.19. The van der Waals surface area contributed by atoms with Gasteiger partial charge in [-0.1, -0.05) is 12.1 Å². The largest absolute Gasteiger partial charge is 0.478 e. The lowest BCUT2D eigenvalue weighted by molar-refractivity contribution is 0.0696. The summed E-state index contributed by atoms with van der Waals surface area (Å²) in [6.45, 7) is 1.91. The van der Waals surface area contributed by atoms with E-state index in [1.54, 1.807) is 13.0 Å². The molecule has 2 aromatic rings. The highest BCUT2D eigenvalue weighted by molar-refractivity contribution is 6.05. The molecular formula is C14H12FNO4. The smallest absolute Gasteiger partial charge is 0.338 e. The molecule has 1 N–H and O–H groups in total. The van der Waals surface area contributed by atoms with Gasteiger partial charge in [-0.3, -0.25) is 4.79 Å². The monoisotopic (exact) mass is 277 g/mol.